The van der Waals surface area contributed by atoms with Gasteiger partial charge in [-0.1, -0.05) is 0 Å². The number of carbonyl (C=O) groups excluding carboxylic acids is 1. The molecule has 0 unspecified atom stereocenters. The number of rotatable bonds is 0. The Morgan fingerprint density at radius 3 is 3.05 bits per heavy atom. The number of fused-ring (bicyclic) bond motifs is 5. The van der Waals surface area contributed by atoms with Crippen molar-refractivity contribution in [3.05, 3.63) is 35.3 Å². The van der Waals surface area contributed by atoms with E-state index in [1.54, 1.807) is 12.1 Å². The van der Waals surface area contributed by atoms with E-state index in [9.17, 15) is 9.18 Å². The second-order valence-corrected chi connectivity index (χ2v) is 6.44. The van der Waals surface area contributed by atoms with Crippen LogP contribution in [0.3, 0.4) is 0 Å². The maximum Gasteiger partial charge on any atom is 0.227 e. The summed E-state index contributed by atoms with van der Waals surface area (Å²) in [6.07, 6.45) is 2.72. The zero-order chi connectivity index (χ0) is 13.4. The second kappa shape index (κ2) is 3.43. The van der Waals surface area contributed by atoms with Crippen molar-refractivity contribution in [1.82, 2.24) is 9.88 Å². The van der Waals surface area contributed by atoms with E-state index < -0.39 is 0 Å². The van der Waals surface area contributed by atoms with Gasteiger partial charge in [0.15, 0.2) is 0 Å². The van der Waals surface area contributed by atoms with Gasteiger partial charge in [0.2, 0.25) is 5.91 Å². The number of amides is 1. The Bertz CT molecular complexity index is 750. The highest BCUT2D eigenvalue weighted by Gasteiger charge is 2.50. The van der Waals surface area contributed by atoms with E-state index in [1.807, 2.05) is 0 Å². The van der Waals surface area contributed by atoms with Crippen molar-refractivity contribution in [3.8, 4) is 0 Å². The van der Waals surface area contributed by atoms with Crippen molar-refractivity contribution in [1.29, 1.82) is 0 Å². The van der Waals surface area contributed by atoms with Gasteiger partial charge >= 0.3 is 0 Å². The van der Waals surface area contributed by atoms with Gasteiger partial charge in [-0.3, -0.25) is 4.79 Å². The van der Waals surface area contributed by atoms with Gasteiger partial charge in [0.25, 0.3) is 0 Å². The number of aromatic nitrogens is 1. The molecule has 2 fully saturated rings. The summed E-state index contributed by atoms with van der Waals surface area (Å²) in [5.74, 6) is 1.06. The summed E-state index contributed by atoms with van der Waals surface area (Å²) in [4.78, 5) is 18.0. The first-order valence-electron chi connectivity index (χ1n) is 7.30. The lowest BCUT2D eigenvalue weighted by Crippen LogP contribution is -2.40. The number of halogens is 1. The summed E-state index contributed by atoms with van der Waals surface area (Å²) in [6.45, 7) is 0.927. The van der Waals surface area contributed by atoms with Gasteiger partial charge in [0.05, 0.1) is 6.42 Å². The number of hydrogen-bond acceptors (Lipinski definition) is 1. The molecule has 102 valence electrons. The number of aromatic amines is 1. The molecule has 2 aromatic rings. The van der Waals surface area contributed by atoms with E-state index in [-0.39, 0.29) is 11.7 Å². The van der Waals surface area contributed by atoms with E-state index in [0.29, 0.717) is 24.3 Å². The molecular formula is C16H15FN2O. The first-order valence-corrected chi connectivity index (χ1v) is 7.30. The Hall–Kier alpha value is -1.84. The first kappa shape index (κ1) is 10.9. The van der Waals surface area contributed by atoms with Crippen LogP contribution in [0.5, 0.6) is 0 Å². The van der Waals surface area contributed by atoms with Crippen LogP contribution in [0.1, 0.15) is 30.0 Å². The van der Waals surface area contributed by atoms with Crippen molar-refractivity contribution >= 4 is 16.8 Å². The van der Waals surface area contributed by atoms with E-state index in [2.05, 4.69) is 9.88 Å². The molecule has 3 atom stereocenters. The zero-order valence-corrected chi connectivity index (χ0v) is 11.0. The van der Waals surface area contributed by atoms with Crippen molar-refractivity contribution < 1.29 is 9.18 Å². The number of nitrogens with zero attached hydrogens (tertiary/aromatic N) is 1. The van der Waals surface area contributed by atoms with Crippen LogP contribution in [0.2, 0.25) is 0 Å². The maximum atomic E-state index is 13.5. The Labute approximate surface area is 115 Å². The number of hydrogen-bond donors (Lipinski definition) is 1. The lowest BCUT2D eigenvalue weighted by molar-refractivity contribution is -0.132. The fourth-order valence-corrected chi connectivity index (χ4v) is 4.62. The average Bonchev–Trinajstić information content (AvgIpc) is 3.09. The van der Waals surface area contributed by atoms with E-state index >= 15 is 0 Å². The van der Waals surface area contributed by atoms with E-state index in [0.717, 1.165) is 35.9 Å². The third kappa shape index (κ3) is 1.22. The van der Waals surface area contributed by atoms with Crippen LogP contribution < -0.4 is 0 Å². The predicted octanol–water partition coefficient (Wildman–Crippen LogP) is 2.57. The second-order valence-electron chi connectivity index (χ2n) is 6.44. The fraction of sp³-hybridized carbons (Fsp3) is 0.438. The van der Waals surface area contributed by atoms with E-state index in [4.69, 9.17) is 0 Å². The molecule has 2 aliphatic heterocycles. The summed E-state index contributed by atoms with van der Waals surface area (Å²) in [5.41, 5.74) is 3.18. The third-order valence-corrected chi connectivity index (χ3v) is 5.40. The number of piperidine rings is 1. The SMILES string of the molecule is O=C1Cc2c([nH]c3ccc(F)cc23)[C@@H]2C[C@H]3C[C@@H]2N1C3. The Balaban J connectivity index is 1.78. The highest BCUT2D eigenvalue weighted by Crippen LogP contribution is 2.50. The van der Waals surface area contributed by atoms with Crippen LogP contribution in [0.4, 0.5) is 4.39 Å². The Morgan fingerprint density at radius 2 is 2.20 bits per heavy atom. The highest BCUT2D eigenvalue weighted by atomic mass is 19.1. The van der Waals surface area contributed by atoms with Crippen LogP contribution in [0, 0.1) is 11.7 Å². The van der Waals surface area contributed by atoms with E-state index in [1.165, 1.54) is 11.8 Å². The lowest BCUT2D eigenvalue weighted by atomic mass is 9.93. The molecule has 3 aliphatic rings. The molecule has 3 nitrogen and oxygen atoms in total. The quantitative estimate of drug-likeness (QED) is 0.784. The molecule has 1 saturated carbocycles. The highest BCUT2D eigenvalue weighted by molar-refractivity contribution is 5.91. The largest absolute Gasteiger partial charge is 0.358 e. The van der Waals surface area contributed by atoms with Gasteiger partial charge < -0.3 is 9.88 Å². The standard InChI is InChI=1S/C16H15FN2O/c17-9-1-2-13-10(5-9)11-6-15(20)19-7-8-3-12(14(19)4-8)16(11)18-13/h1-2,5,8,12,14,18H,3-4,6-7H2/t8-,12+,14-/m0/s1. The van der Waals surface area contributed by atoms with Crippen LogP contribution in [0.15, 0.2) is 18.2 Å². The molecule has 20 heavy (non-hydrogen) atoms. The first-order chi connectivity index (χ1) is 9.70. The van der Waals surface area contributed by atoms with Crippen LogP contribution in [-0.2, 0) is 11.2 Å². The summed E-state index contributed by atoms with van der Waals surface area (Å²) in [6, 6.07) is 5.20. The number of carbonyl (C=O) groups is 1. The minimum atomic E-state index is -0.233. The molecular weight excluding hydrogens is 255 g/mol. The summed E-state index contributed by atoms with van der Waals surface area (Å²) >= 11 is 0. The number of benzene rings is 1. The zero-order valence-electron chi connectivity index (χ0n) is 11.0. The van der Waals surface area contributed by atoms with Crippen LogP contribution in [0.25, 0.3) is 10.9 Å². The maximum absolute atomic E-state index is 13.5. The van der Waals surface area contributed by atoms with Gasteiger partial charge in [-0.15, -0.1) is 0 Å². The summed E-state index contributed by atoms with van der Waals surface area (Å²) in [5, 5.41) is 0.888. The molecule has 4 heteroatoms. The van der Waals surface area contributed by atoms with Gasteiger partial charge in [-0.2, -0.15) is 0 Å². The van der Waals surface area contributed by atoms with Crippen LogP contribution >= 0.6 is 0 Å². The number of nitrogens with one attached hydrogen (secondary N) is 1. The lowest BCUT2D eigenvalue weighted by Gasteiger charge is -2.30. The normalized spacial score (nSPS) is 30.9. The minimum Gasteiger partial charge on any atom is -0.358 e. The third-order valence-electron chi connectivity index (χ3n) is 5.40. The molecule has 0 spiro atoms. The van der Waals surface area contributed by atoms with Gasteiger partial charge in [0, 0.05) is 35.1 Å². The van der Waals surface area contributed by atoms with Crippen molar-refractivity contribution in [2.75, 3.05) is 6.54 Å². The Kier molecular flexibility index (Phi) is 1.87. The van der Waals surface area contributed by atoms with Gasteiger partial charge in [-0.05, 0) is 42.5 Å². The molecule has 5 rings (SSSR count). The van der Waals surface area contributed by atoms with Crippen molar-refractivity contribution in [2.24, 2.45) is 5.92 Å². The van der Waals surface area contributed by atoms with Crippen LogP contribution in [-0.4, -0.2) is 28.4 Å². The average molecular weight is 270 g/mol. The molecule has 1 aliphatic carbocycles. The summed E-state index contributed by atoms with van der Waals surface area (Å²) in [7, 11) is 0. The summed E-state index contributed by atoms with van der Waals surface area (Å²) < 4.78 is 13.5. The smallest absolute Gasteiger partial charge is 0.227 e. The fourth-order valence-electron chi connectivity index (χ4n) is 4.62. The molecule has 1 saturated heterocycles. The molecule has 1 aromatic carbocycles. The molecule has 3 heterocycles. The molecule has 0 radical (unpaired) electrons. The molecule has 2 bridgehead atoms. The van der Waals surface area contributed by atoms with Gasteiger partial charge in [-0.25, -0.2) is 4.39 Å². The van der Waals surface area contributed by atoms with Crippen molar-refractivity contribution in [2.45, 2.75) is 31.2 Å². The van der Waals surface area contributed by atoms with Gasteiger partial charge in [0.1, 0.15) is 5.82 Å². The number of H-pyrrole nitrogens is 1. The monoisotopic (exact) mass is 270 g/mol. The molecule has 1 N–H and O–H groups in total. The molecule has 1 amide bonds. The molecule has 1 aromatic heterocycles. The predicted molar refractivity (Wildman–Crippen MR) is 72.9 cm³/mol. The van der Waals surface area contributed by atoms with Crippen molar-refractivity contribution in [3.63, 3.8) is 0 Å². The Morgan fingerprint density at radius 1 is 1.30 bits per heavy atom. The topological polar surface area (TPSA) is 36.1 Å². The minimum absolute atomic E-state index is 0.214.